The molecule has 0 aliphatic carbocycles. The maximum atomic E-state index is 5.95. The van der Waals surface area contributed by atoms with Crippen molar-refractivity contribution in [3.05, 3.63) is 66.4 Å². The van der Waals surface area contributed by atoms with E-state index in [2.05, 4.69) is 10.2 Å². The Morgan fingerprint density at radius 2 is 1.72 bits per heavy atom. The van der Waals surface area contributed by atoms with Crippen LogP contribution in [0, 0.1) is 0 Å². The molecule has 2 aromatic rings. The summed E-state index contributed by atoms with van der Waals surface area (Å²) in [6.07, 6.45) is 6.83. The van der Waals surface area contributed by atoms with Crippen LogP contribution in [-0.2, 0) is 6.54 Å². The van der Waals surface area contributed by atoms with Gasteiger partial charge in [-0.3, -0.25) is 0 Å². The molecule has 5 heteroatoms. The lowest BCUT2D eigenvalue weighted by atomic mass is 10.1. The zero-order chi connectivity index (χ0) is 12.8. The second-order valence-electron chi connectivity index (χ2n) is 3.86. The van der Waals surface area contributed by atoms with Crippen molar-refractivity contribution in [2.45, 2.75) is 6.54 Å². The summed E-state index contributed by atoms with van der Waals surface area (Å²) in [5, 5.41) is 7.42. The molecule has 0 fully saturated rings. The third-order valence-electron chi connectivity index (χ3n) is 2.42. The van der Waals surface area contributed by atoms with E-state index in [1.54, 1.807) is 29.4 Å². The maximum Gasteiger partial charge on any atom is 0.119 e. The highest BCUT2D eigenvalue weighted by atomic mass is 15.2. The smallest absolute Gasteiger partial charge is 0.119 e. The van der Waals surface area contributed by atoms with E-state index in [0.717, 1.165) is 5.56 Å². The van der Waals surface area contributed by atoms with E-state index in [4.69, 9.17) is 11.5 Å². The van der Waals surface area contributed by atoms with Crippen LogP contribution in [0.1, 0.15) is 5.56 Å². The van der Waals surface area contributed by atoms with E-state index in [1.165, 1.54) is 0 Å². The van der Waals surface area contributed by atoms with Crippen molar-refractivity contribution in [1.29, 1.82) is 0 Å². The van der Waals surface area contributed by atoms with Gasteiger partial charge in [0.1, 0.15) is 12.7 Å². The molecule has 0 aliphatic heterocycles. The van der Waals surface area contributed by atoms with Gasteiger partial charge in [0.15, 0.2) is 0 Å². The Balaban J connectivity index is 2.05. The monoisotopic (exact) mass is 241 g/mol. The highest BCUT2D eigenvalue weighted by molar-refractivity contribution is 5.63. The molecule has 5 nitrogen and oxygen atoms in total. The van der Waals surface area contributed by atoms with Gasteiger partial charge in [0, 0.05) is 11.4 Å². The molecular formula is C13H15N5. The Kier molecular flexibility index (Phi) is 3.76. The molecule has 0 spiro atoms. The highest BCUT2D eigenvalue weighted by Gasteiger charge is 1.95. The van der Waals surface area contributed by atoms with Crippen molar-refractivity contribution >= 4 is 5.70 Å². The Morgan fingerprint density at radius 3 is 2.39 bits per heavy atom. The molecule has 0 aliphatic rings. The van der Waals surface area contributed by atoms with Crippen LogP contribution in [0.25, 0.3) is 5.70 Å². The van der Waals surface area contributed by atoms with Crippen LogP contribution in [0.15, 0.2) is 60.8 Å². The lowest BCUT2D eigenvalue weighted by Crippen LogP contribution is -2.06. The predicted octanol–water partition coefficient (Wildman–Crippen LogP) is 1.12. The second-order valence-corrected chi connectivity index (χ2v) is 3.86. The van der Waals surface area contributed by atoms with E-state index in [1.807, 2.05) is 30.3 Å². The first kappa shape index (κ1) is 11.9. The third kappa shape index (κ3) is 3.21. The largest absolute Gasteiger partial charge is 0.401 e. The van der Waals surface area contributed by atoms with Gasteiger partial charge >= 0.3 is 0 Å². The molecule has 0 amide bonds. The topological polar surface area (TPSA) is 82.8 Å². The Hall–Kier alpha value is -2.56. The standard InChI is InChI=1S/C13H15N5/c14-12(8-18-9-16-17-10-18)6-7-13(15)11-4-2-1-3-5-11/h1-7,9-10H,8,14-15H2/b12-6-,13-7-. The molecule has 0 saturated heterocycles. The number of allylic oxidation sites excluding steroid dienone is 3. The van der Waals surface area contributed by atoms with Crippen molar-refractivity contribution in [2.24, 2.45) is 11.5 Å². The summed E-state index contributed by atoms with van der Waals surface area (Å²) in [4.78, 5) is 0. The van der Waals surface area contributed by atoms with Gasteiger partial charge in [-0.15, -0.1) is 10.2 Å². The predicted molar refractivity (Wildman–Crippen MR) is 70.9 cm³/mol. The van der Waals surface area contributed by atoms with E-state index in [0.29, 0.717) is 17.9 Å². The third-order valence-corrected chi connectivity index (χ3v) is 2.42. The molecule has 1 heterocycles. The van der Waals surface area contributed by atoms with Crippen molar-refractivity contribution in [2.75, 3.05) is 0 Å². The van der Waals surface area contributed by atoms with Crippen molar-refractivity contribution in [3.63, 3.8) is 0 Å². The zero-order valence-corrected chi connectivity index (χ0v) is 9.90. The van der Waals surface area contributed by atoms with Crippen LogP contribution in [0.2, 0.25) is 0 Å². The number of rotatable bonds is 4. The van der Waals surface area contributed by atoms with Gasteiger partial charge < -0.3 is 16.0 Å². The fraction of sp³-hybridized carbons (Fsp3) is 0.0769. The lowest BCUT2D eigenvalue weighted by molar-refractivity contribution is 0.771. The molecule has 0 unspecified atom stereocenters. The summed E-state index contributed by atoms with van der Waals surface area (Å²) >= 11 is 0. The average molecular weight is 241 g/mol. The molecule has 0 bridgehead atoms. The number of hydrogen-bond acceptors (Lipinski definition) is 4. The number of nitrogens with zero attached hydrogens (tertiary/aromatic N) is 3. The minimum Gasteiger partial charge on any atom is -0.401 e. The van der Waals surface area contributed by atoms with E-state index >= 15 is 0 Å². The molecule has 1 aromatic heterocycles. The average Bonchev–Trinajstić information content (AvgIpc) is 2.90. The first-order valence-corrected chi connectivity index (χ1v) is 5.55. The van der Waals surface area contributed by atoms with Gasteiger partial charge in [-0.05, 0) is 17.7 Å². The number of benzene rings is 1. The van der Waals surface area contributed by atoms with Gasteiger partial charge in [-0.1, -0.05) is 30.3 Å². The summed E-state index contributed by atoms with van der Waals surface area (Å²) in [6.45, 7) is 0.547. The van der Waals surface area contributed by atoms with E-state index in [9.17, 15) is 0 Å². The fourth-order valence-corrected chi connectivity index (χ4v) is 1.49. The molecule has 4 N–H and O–H groups in total. The minimum absolute atomic E-state index is 0.547. The quantitative estimate of drug-likeness (QED) is 0.786. The summed E-state index contributed by atoms with van der Waals surface area (Å²) < 4.78 is 1.79. The first-order chi connectivity index (χ1) is 8.75. The summed E-state index contributed by atoms with van der Waals surface area (Å²) in [6, 6.07) is 9.75. The maximum absolute atomic E-state index is 5.95. The zero-order valence-electron chi connectivity index (χ0n) is 9.90. The minimum atomic E-state index is 0.547. The molecule has 1 aromatic carbocycles. The van der Waals surface area contributed by atoms with Gasteiger partial charge in [-0.25, -0.2) is 0 Å². The molecule has 2 rings (SSSR count). The molecule has 0 saturated carbocycles. The van der Waals surface area contributed by atoms with Crippen LogP contribution in [0.3, 0.4) is 0 Å². The number of aromatic nitrogens is 3. The summed E-state index contributed by atoms with van der Waals surface area (Å²) in [7, 11) is 0. The summed E-state index contributed by atoms with van der Waals surface area (Å²) in [5.41, 5.74) is 14.2. The Bertz CT molecular complexity index is 540. The molecule has 92 valence electrons. The SMILES string of the molecule is N/C(=C\C=C(/N)c1ccccc1)Cn1cnnc1. The second kappa shape index (κ2) is 5.67. The lowest BCUT2D eigenvalue weighted by Gasteiger charge is -2.02. The van der Waals surface area contributed by atoms with Crippen LogP contribution in [0.4, 0.5) is 0 Å². The number of nitrogens with two attached hydrogens (primary N) is 2. The van der Waals surface area contributed by atoms with Gasteiger partial charge in [0.05, 0.1) is 6.54 Å². The van der Waals surface area contributed by atoms with Gasteiger partial charge in [-0.2, -0.15) is 0 Å². The van der Waals surface area contributed by atoms with Crippen LogP contribution in [0.5, 0.6) is 0 Å². The number of hydrogen-bond donors (Lipinski definition) is 2. The van der Waals surface area contributed by atoms with Gasteiger partial charge in [0.2, 0.25) is 0 Å². The van der Waals surface area contributed by atoms with E-state index in [-0.39, 0.29) is 0 Å². The van der Waals surface area contributed by atoms with E-state index < -0.39 is 0 Å². The molecule has 0 atom stereocenters. The van der Waals surface area contributed by atoms with Crippen LogP contribution < -0.4 is 11.5 Å². The van der Waals surface area contributed by atoms with Gasteiger partial charge in [0.25, 0.3) is 0 Å². The highest BCUT2D eigenvalue weighted by Crippen LogP contribution is 2.08. The van der Waals surface area contributed by atoms with Crippen molar-refractivity contribution in [3.8, 4) is 0 Å². The first-order valence-electron chi connectivity index (χ1n) is 5.55. The Morgan fingerprint density at radius 1 is 1.06 bits per heavy atom. The summed E-state index contributed by atoms with van der Waals surface area (Å²) in [5.74, 6) is 0. The van der Waals surface area contributed by atoms with Crippen LogP contribution >= 0.6 is 0 Å². The van der Waals surface area contributed by atoms with Crippen LogP contribution in [-0.4, -0.2) is 14.8 Å². The molecule has 0 radical (unpaired) electrons. The fourth-order valence-electron chi connectivity index (χ4n) is 1.49. The van der Waals surface area contributed by atoms with Crippen molar-refractivity contribution < 1.29 is 0 Å². The Labute approximate surface area is 105 Å². The molecule has 18 heavy (non-hydrogen) atoms. The van der Waals surface area contributed by atoms with Crippen molar-refractivity contribution in [1.82, 2.24) is 14.8 Å². The molecular weight excluding hydrogens is 226 g/mol. The normalized spacial score (nSPS) is 12.7.